The van der Waals surface area contributed by atoms with Crippen molar-refractivity contribution in [2.24, 2.45) is 0 Å². The van der Waals surface area contributed by atoms with Crippen molar-refractivity contribution in [1.82, 2.24) is 15.1 Å². The van der Waals surface area contributed by atoms with Gasteiger partial charge in [-0.2, -0.15) is 5.10 Å². The van der Waals surface area contributed by atoms with E-state index in [0.29, 0.717) is 24.3 Å². The molecule has 0 aliphatic rings. The molecule has 0 atom stereocenters. The van der Waals surface area contributed by atoms with E-state index in [0.717, 1.165) is 24.1 Å². The van der Waals surface area contributed by atoms with Crippen molar-refractivity contribution in [1.29, 1.82) is 0 Å². The van der Waals surface area contributed by atoms with Crippen LogP contribution >= 0.6 is 0 Å². The monoisotopic (exact) mass is 343 g/mol. The zero-order valence-electron chi connectivity index (χ0n) is 15.0. The first-order valence-electron chi connectivity index (χ1n) is 8.54. The van der Waals surface area contributed by atoms with Gasteiger partial charge in [0.1, 0.15) is 5.56 Å². The number of hydrogen-bond donors (Lipinski definition) is 1. The Morgan fingerprint density at radius 2 is 1.92 bits per heavy atom. The summed E-state index contributed by atoms with van der Waals surface area (Å²) in [6.45, 7) is 6.56. The average Bonchev–Trinajstić information content (AvgIpc) is 2.87. The van der Waals surface area contributed by atoms with E-state index < -0.39 is 5.97 Å². The molecule has 1 amide bonds. The Bertz CT molecular complexity index is 723. The minimum Gasteiger partial charge on any atom is -0.452 e. The van der Waals surface area contributed by atoms with E-state index >= 15 is 0 Å². The molecule has 0 unspecified atom stereocenters. The van der Waals surface area contributed by atoms with Crippen LogP contribution in [0.3, 0.4) is 0 Å². The zero-order valence-corrected chi connectivity index (χ0v) is 15.0. The zero-order chi connectivity index (χ0) is 18.2. The Labute approximate surface area is 148 Å². The topological polar surface area (TPSA) is 73.2 Å². The van der Waals surface area contributed by atoms with E-state index in [1.807, 2.05) is 44.2 Å². The van der Waals surface area contributed by atoms with Crippen molar-refractivity contribution in [2.75, 3.05) is 13.2 Å². The third-order valence-electron chi connectivity index (χ3n) is 3.95. The highest BCUT2D eigenvalue weighted by atomic mass is 16.5. The number of nitrogens with zero attached hydrogens (tertiary/aromatic N) is 2. The lowest BCUT2D eigenvalue weighted by Gasteiger charge is -2.07. The molecule has 0 spiro atoms. The van der Waals surface area contributed by atoms with Gasteiger partial charge in [-0.05, 0) is 25.8 Å². The molecular formula is C19H25N3O3. The van der Waals surface area contributed by atoms with E-state index in [4.69, 9.17) is 4.74 Å². The highest BCUT2D eigenvalue weighted by molar-refractivity contribution is 5.93. The summed E-state index contributed by atoms with van der Waals surface area (Å²) in [4.78, 5) is 24.0. The maximum atomic E-state index is 12.3. The van der Waals surface area contributed by atoms with Crippen LogP contribution in [0, 0.1) is 13.8 Å². The van der Waals surface area contributed by atoms with Crippen LogP contribution in [0.4, 0.5) is 0 Å². The predicted molar refractivity (Wildman–Crippen MR) is 95.4 cm³/mol. The average molecular weight is 343 g/mol. The van der Waals surface area contributed by atoms with Crippen LogP contribution in [-0.4, -0.2) is 34.8 Å². The first-order chi connectivity index (χ1) is 12.0. The summed E-state index contributed by atoms with van der Waals surface area (Å²) in [5.74, 6) is -0.797. The van der Waals surface area contributed by atoms with Crippen LogP contribution < -0.4 is 5.32 Å². The van der Waals surface area contributed by atoms with E-state index in [-0.39, 0.29) is 12.5 Å². The molecule has 0 aliphatic carbocycles. The number of amides is 1. The lowest BCUT2D eigenvalue weighted by atomic mass is 10.2. The molecule has 6 nitrogen and oxygen atoms in total. The Morgan fingerprint density at radius 1 is 1.20 bits per heavy atom. The first kappa shape index (κ1) is 18.7. The van der Waals surface area contributed by atoms with Gasteiger partial charge in [0.15, 0.2) is 6.61 Å². The van der Waals surface area contributed by atoms with Crippen LogP contribution in [0.5, 0.6) is 0 Å². The summed E-state index contributed by atoms with van der Waals surface area (Å²) in [5.41, 5.74) is 2.86. The van der Waals surface area contributed by atoms with Gasteiger partial charge in [0.25, 0.3) is 5.91 Å². The van der Waals surface area contributed by atoms with Gasteiger partial charge in [0.05, 0.1) is 17.9 Å². The molecule has 0 saturated carbocycles. The number of unbranched alkanes of at least 4 members (excludes halogenated alkanes) is 1. The lowest BCUT2D eigenvalue weighted by Crippen LogP contribution is -2.29. The second-order valence-corrected chi connectivity index (χ2v) is 5.97. The van der Waals surface area contributed by atoms with Gasteiger partial charge >= 0.3 is 5.97 Å². The van der Waals surface area contributed by atoms with Crippen LogP contribution in [-0.2, 0) is 16.1 Å². The summed E-state index contributed by atoms with van der Waals surface area (Å²) in [6.07, 6.45) is 1.91. The smallest absolute Gasteiger partial charge is 0.342 e. The third kappa shape index (κ3) is 5.17. The Kier molecular flexibility index (Phi) is 6.74. The quantitative estimate of drug-likeness (QED) is 0.591. The number of ether oxygens (including phenoxy) is 1. The van der Waals surface area contributed by atoms with Crippen molar-refractivity contribution < 1.29 is 14.3 Å². The molecule has 25 heavy (non-hydrogen) atoms. The molecule has 134 valence electrons. The molecule has 6 heteroatoms. The number of carbonyl (C=O) groups is 2. The Hall–Kier alpha value is -2.63. The fourth-order valence-corrected chi connectivity index (χ4v) is 2.56. The summed E-state index contributed by atoms with van der Waals surface area (Å²) in [7, 11) is 0. The second-order valence-electron chi connectivity index (χ2n) is 5.97. The highest BCUT2D eigenvalue weighted by Crippen LogP contribution is 2.16. The van der Waals surface area contributed by atoms with Gasteiger partial charge in [-0.15, -0.1) is 0 Å². The van der Waals surface area contributed by atoms with Crippen LogP contribution in [0.1, 0.15) is 47.1 Å². The van der Waals surface area contributed by atoms with E-state index in [1.54, 1.807) is 11.6 Å². The molecule has 1 heterocycles. The molecule has 0 bridgehead atoms. The molecule has 1 N–H and O–H groups in total. The van der Waals surface area contributed by atoms with Gasteiger partial charge in [-0.3, -0.25) is 9.48 Å². The molecule has 0 radical (unpaired) electrons. The van der Waals surface area contributed by atoms with Crippen LogP contribution in [0.25, 0.3) is 0 Å². The summed E-state index contributed by atoms with van der Waals surface area (Å²) < 4.78 is 6.92. The number of hydrogen-bond acceptors (Lipinski definition) is 4. The first-order valence-corrected chi connectivity index (χ1v) is 8.54. The van der Waals surface area contributed by atoms with E-state index in [1.165, 1.54) is 0 Å². The standard InChI is InChI=1S/C19H25N3O3/c1-4-5-11-20-17(23)13-25-19(24)18-14(2)21-22(15(18)3)12-16-9-7-6-8-10-16/h6-10H,4-5,11-13H2,1-3H3,(H,20,23). The number of carbonyl (C=O) groups excluding carboxylic acids is 2. The van der Waals surface area contributed by atoms with Gasteiger partial charge in [-0.25, -0.2) is 4.79 Å². The Balaban J connectivity index is 1.99. The largest absolute Gasteiger partial charge is 0.452 e. The number of esters is 1. The minimum absolute atomic E-state index is 0.273. The minimum atomic E-state index is -0.514. The molecule has 1 aromatic carbocycles. The molecule has 2 aromatic rings. The van der Waals surface area contributed by atoms with Crippen molar-refractivity contribution >= 4 is 11.9 Å². The molecule has 0 aliphatic heterocycles. The Morgan fingerprint density at radius 3 is 2.60 bits per heavy atom. The van der Waals surface area contributed by atoms with E-state index in [2.05, 4.69) is 10.4 Å². The third-order valence-corrected chi connectivity index (χ3v) is 3.95. The van der Waals surface area contributed by atoms with E-state index in [9.17, 15) is 9.59 Å². The van der Waals surface area contributed by atoms with Crippen molar-refractivity contribution in [2.45, 2.75) is 40.2 Å². The number of aryl methyl sites for hydroxylation is 1. The SMILES string of the molecule is CCCCNC(=O)COC(=O)c1c(C)nn(Cc2ccccc2)c1C. The fraction of sp³-hybridized carbons (Fsp3) is 0.421. The number of aromatic nitrogens is 2. The van der Waals surface area contributed by atoms with Crippen LogP contribution in [0.2, 0.25) is 0 Å². The maximum Gasteiger partial charge on any atom is 0.342 e. The van der Waals surface area contributed by atoms with Crippen molar-refractivity contribution in [3.8, 4) is 0 Å². The van der Waals surface area contributed by atoms with Gasteiger partial charge < -0.3 is 10.1 Å². The fourth-order valence-electron chi connectivity index (χ4n) is 2.56. The number of nitrogens with one attached hydrogen (secondary N) is 1. The lowest BCUT2D eigenvalue weighted by molar-refractivity contribution is -0.124. The molecular weight excluding hydrogens is 318 g/mol. The predicted octanol–water partition coefficient (Wildman–Crippen LogP) is 2.62. The number of rotatable bonds is 8. The van der Waals surface area contributed by atoms with Crippen molar-refractivity contribution in [3.05, 3.63) is 52.8 Å². The summed E-state index contributed by atoms with van der Waals surface area (Å²) in [5, 5.41) is 7.15. The highest BCUT2D eigenvalue weighted by Gasteiger charge is 2.20. The maximum absolute atomic E-state index is 12.3. The normalized spacial score (nSPS) is 10.5. The second kappa shape index (κ2) is 9.01. The van der Waals surface area contributed by atoms with Gasteiger partial charge in [0.2, 0.25) is 0 Å². The van der Waals surface area contributed by atoms with Crippen LogP contribution in [0.15, 0.2) is 30.3 Å². The molecule has 0 fully saturated rings. The summed E-state index contributed by atoms with van der Waals surface area (Å²) >= 11 is 0. The summed E-state index contributed by atoms with van der Waals surface area (Å²) in [6, 6.07) is 9.91. The van der Waals surface area contributed by atoms with Crippen molar-refractivity contribution in [3.63, 3.8) is 0 Å². The van der Waals surface area contributed by atoms with Gasteiger partial charge in [-0.1, -0.05) is 43.7 Å². The molecule has 0 saturated heterocycles. The molecule has 1 aromatic heterocycles. The number of benzene rings is 1. The van der Waals surface area contributed by atoms with Gasteiger partial charge in [0, 0.05) is 6.54 Å². The molecule has 2 rings (SSSR count).